The number of nitriles is 1. The third-order valence-electron chi connectivity index (χ3n) is 2.68. The van der Waals surface area contributed by atoms with E-state index in [2.05, 4.69) is 0 Å². The highest BCUT2D eigenvalue weighted by atomic mass is 31.2. The summed E-state index contributed by atoms with van der Waals surface area (Å²) < 4.78 is 23.3. The molecular weight excluding hydrogens is 225 g/mol. The van der Waals surface area contributed by atoms with Crippen LogP contribution >= 0.6 is 7.37 Å². The first-order valence-corrected chi connectivity index (χ1v) is 7.91. The van der Waals surface area contributed by atoms with E-state index in [0.29, 0.717) is 25.4 Å². The normalized spacial score (nSPS) is 24.6. The second kappa shape index (κ2) is 7.06. The van der Waals surface area contributed by atoms with Gasteiger partial charge in [-0.25, -0.2) is 0 Å². The highest BCUT2D eigenvalue weighted by Crippen LogP contribution is 2.49. The Hall–Kier alpha value is -0.360. The Morgan fingerprint density at radius 2 is 2.38 bits per heavy atom. The van der Waals surface area contributed by atoms with Gasteiger partial charge in [-0.3, -0.25) is 4.57 Å². The van der Waals surface area contributed by atoms with Crippen LogP contribution in [0.2, 0.25) is 0 Å². The summed E-state index contributed by atoms with van der Waals surface area (Å²) in [5, 5.41) is 8.55. The van der Waals surface area contributed by atoms with Crippen molar-refractivity contribution in [3.63, 3.8) is 0 Å². The van der Waals surface area contributed by atoms with Crippen molar-refractivity contribution in [2.75, 3.05) is 25.5 Å². The maximum absolute atomic E-state index is 12.4. The molecule has 2 unspecified atom stereocenters. The molecule has 0 bridgehead atoms. The Bertz CT molecular complexity index is 281. The van der Waals surface area contributed by atoms with Crippen molar-refractivity contribution >= 4 is 7.37 Å². The molecular formula is C11H20NO3P. The molecule has 0 radical (unpaired) electrons. The summed E-state index contributed by atoms with van der Waals surface area (Å²) in [5.41, 5.74) is 0. The van der Waals surface area contributed by atoms with Gasteiger partial charge < -0.3 is 9.26 Å². The Morgan fingerprint density at radius 1 is 1.56 bits per heavy atom. The van der Waals surface area contributed by atoms with Crippen molar-refractivity contribution in [1.82, 2.24) is 0 Å². The zero-order valence-corrected chi connectivity index (χ0v) is 10.7. The van der Waals surface area contributed by atoms with Crippen molar-refractivity contribution in [1.29, 1.82) is 5.26 Å². The van der Waals surface area contributed by atoms with E-state index in [4.69, 9.17) is 14.5 Å². The number of hydrogen-bond donors (Lipinski definition) is 0. The minimum absolute atomic E-state index is 0.0600. The van der Waals surface area contributed by atoms with Gasteiger partial charge in [0.1, 0.15) is 0 Å². The first-order valence-electron chi connectivity index (χ1n) is 5.91. The molecule has 0 aromatic heterocycles. The number of hydrogen-bond acceptors (Lipinski definition) is 4. The van der Waals surface area contributed by atoms with Gasteiger partial charge >= 0.3 is 0 Å². The van der Waals surface area contributed by atoms with Crippen molar-refractivity contribution in [2.24, 2.45) is 0 Å². The first-order chi connectivity index (χ1) is 7.70. The van der Waals surface area contributed by atoms with E-state index in [9.17, 15) is 4.57 Å². The van der Waals surface area contributed by atoms with Crippen molar-refractivity contribution in [2.45, 2.75) is 38.7 Å². The second-order valence-electron chi connectivity index (χ2n) is 4.04. The molecule has 0 saturated carbocycles. The van der Waals surface area contributed by atoms with E-state index >= 15 is 0 Å². The molecule has 1 fully saturated rings. The lowest BCUT2D eigenvalue weighted by atomic mass is 10.1. The molecule has 1 saturated heterocycles. The summed E-state index contributed by atoms with van der Waals surface area (Å²) >= 11 is 0. The Balaban J connectivity index is 2.48. The summed E-state index contributed by atoms with van der Waals surface area (Å²) in [5.74, 6) is 0. The van der Waals surface area contributed by atoms with Gasteiger partial charge in [0.15, 0.2) is 0 Å². The third kappa shape index (κ3) is 4.65. The van der Waals surface area contributed by atoms with Gasteiger partial charge in [-0.05, 0) is 26.2 Å². The summed E-state index contributed by atoms with van der Waals surface area (Å²) in [7, 11) is -2.65. The maximum Gasteiger partial charge on any atom is 0.206 e. The molecule has 0 N–H and O–H groups in total. The van der Waals surface area contributed by atoms with Crippen LogP contribution in [0.15, 0.2) is 0 Å². The van der Waals surface area contributed by atoms with Crippen molar-refractivity contribution in [3.05, 3.63) is 0 Å². The zero-order valence-electron chi connectivity index (χ0n) is 9.85. The minimum atomic E-state index is -2.65. The predicted octanol–water partition coefficient (Wildman–Crippen LogP) is 2.78. The molecule has 16 heavy (non-hydrogen) atoms. The van der Waals surface area contributed by atoms with E-state index in [-0.39, 0.29) is 6.10 Å². The van der Waals surface area contributed by atoms with Crippen molar-refractivity contribution in [3.8, 4) is 6.07 Å². The van der Waals surface area contributed by atoms with E-state index in [1.54, 1.807) is 0 Å². The van der Waals surface area contributed by atoms with Gasteiger partial charge in [0.25, 0.3) is 0 Å². The molecule has 1 aliphatic heterocycles. The lowest BCUT2D eigenvalue weighted by molar-refractivity contribution is 0.0287. The van der Waals surface area contributed by atoms with E-state index in [1.165, 1.54) is 0 Å². The predicted molar refractivity (Wildman–Crippen MR) is 62.8 cm³/mol. The third-order valence-corrected chi connectivity index (χ3v) is 5.28. The van der Waals surface area contributed by atoms with Crippen LogP contribution in [-0.2, 0) is 13.8 Å². The van der Waals surface area contributed by atoms with Crippen LogP contribution in [0.5, 0.6) is 0 Å². The Morgan fingerprint density at radius 3 is 2.94 bits per heavy atom. The second-order valence-corrected chi connectivity index (χ2v) is 6.73. The molecule has 1 rings (SSSR count). The molecule has 0 aliphatic carbocycles. The van der Waals surface area contributed by atoms with E-state index in [0.717, 1.165) is 25.9 Å². The monoisotopic (exact) mass is 245 g/mol. The molecule has 0 aromatic rings. The molecule has 0 spiro atoms. The van der Waals surface area contributed by atoms with Crippen LogP contribution < -0.4 is 0 Å². The average Bonchev–Trinajstić information content (AvgIpc) is 2.28. The van der Waals surface area contributed by atoms with Crippen LogP contribution in [0.25, 0.3) is 0 Å². The molecule has 0 amide bonds. The quantitative estimate of drug-likeness (QED) is 0.675. The summed E-state index contributed by atoms with van der Waals surface area (Å²) in [4.78, 5) is 0. The molecule has 1 aliphatic rings. The number of ether oxygens (including phenoxy) is 1. The Kier molecular flexibility index (Phi) is 6.05. The lowest BCUT2D eigenvalue weighted by Gasteiger charge is -2.26. The van der Waals surface area contributed by atoms with E-state index in [1.807, 2.05) is 13.0 Å². The fourth-order valence-corrected chi connectivity index (χ4v) is 4.16. The minimum Gasteiger partial charge on any atom is -0.378 e. The molecule has 4 nitrogen and oxygen atoms in total. The number of rotatable bonds is 6. The van der Waals surface area contributed by atoms with Gasteiger partial charge in [0.05, 0.1) is 24.9 Å². The van der Waals surface area contributed by atoms with Crippen LogP contribution in [0.3, 0.4) is 0 Å². The van der Waals surface area contributed by atoms with Crippen LogP contribution in [0.1, 0.15) is 32.6 Å². The lowest BCUT2D eigenvalue weighted by Crippen LogP contribution is -2.24. The Labute approximate surface area is 97.4 Å². The molecule has 5 heteroatoms. The zero-order chi connectivity index (χ0) is 11.9. The number of nitrogens with zero attached hydrogens (tertiary/aromatic N) is 1. The van der Waals surface area contributed by atoms with Crippen molar-refractivity contribution < 1.29 is 13.8 Å². The fourth-order valence-electron chi connectivity index (χ4n) is 1.93. The topological polar surface area (TPSA) is 59.3 Å². The van der Waals surface area contributed by atoms with E-state index < -0.39 is 7.37 Å². The molecule has 2 atom stereocenters. The molecule has 1 heterocycles. The highest BCUT2D eigenvalue weighted by Gasteiger charge is 2.28. The van der Waals surface area contributed by atoms with Gasteiger partial charge in [-0.1, -0.05) is 0 Å². The largest absolute Gasteiger partial charge is 0.378 e. The van der Waals surface area contributed by atoms with Gasteiger partial charge in [0, 0.05) is 19.2 Å². The average molecular weight is 245 g/mol. The standard InChI is InChI=1S/C11H20NO3P/c1-2-15-16(13,9-5-7-12)10-11-6-3-4-8-14-11/h11H,2-6,8-10H2,1H3. The first kappa shape index (κ1) is 13.7. The van der Waals surface area contributed by atoms with Gasteiger partial charge in [0.2, 0.25) is 7.37 Å². The molecule has 92 valence electrons. The summed E-state index contributed by atoms with van der Waals surface area (Å²) in [6.07, 6.45) is 4.38. The highest BCUT2D eigenvalue weighted by molar-refractivity contribution is 7.59. The maximum atomic E-state index is 12.4. The van der Waals surface area contributed by atoms with Gasteiger partial charge in [-0.15, -0.1) is 0 Å². The van der Waals surface area contributed by atoms with Crippen LogP contribution in [-0.4, -0.2) is 31.6 Å². The van der Waals surface area contributed by atoms with Crippen LogP contribution in [0, 0.1) is 11.3 Å². The fraction of sp³-hybridized carbons (Fsp3) is 0.909. The summed E-state index contributed by atoms with van der Waals surface area (Å²) in [6, 6.07) is 2.03. The SMILES string of the molecule is CCOP(=O)(CCC#N)CC1CCCCO1. The smallest absolute Gasteiger partial charge is 0.206 e. The van der Waals surface area contributed by atoms with Crippen LogP contribution in [0.4, 0.5) is 0 Å². The summed E-state index contributed by atoms with van der Waals surface area (Å²) in [6.45, 7) is 3.03. The van der Waals surface area contributed by atoms with Gasteiger partial charge in [-0.2, -0.15) is 5.26 Å². The molecule has 0 aromatic carbocycles.